The first-order valence-electron chi connectivity index (χ1n) is 4.70. The summed E-state index contributed by atoms with van der Waals surface area (Å²) in [5.74, 6) is 1.46. The Bertz CT molecular complexity index is 455. The third kappa shape index (κ3) is 3.14. The molecule has 0 N–H and O–H groups in total. The number of rotatable bonds is 4. The predicted octanol–water partition coefficient (Wildman–Crippen LogP) is 3.81. The molecule has 2 aromatic rings. The van der Waals surface area contributed by atoms with E-state index < -0.39 is 0 Å². The zero-order chi connectivity index (χ0) is 11.4. The number of aromatic nitrogens is 1. The molecule has 16 heavy (non-hydrogen) atoms. The topological polar surface area (TPSA) is 22.1 Å². The molecule has 1 heterocycles. The van der Waals surface area contributed by atoms with Gasteiger partial charge in [0.15, 0.2) is 0 Å². The molecular formula is C11H10ClNOS2. The van der Waals surface area contributed by atoms with Crippen molar-refractivity contribution in [1.82, 2.24) is 4.98 Å². The van der Waals surface area contributed by atoms with Gasteiger partial charge in [0, 0.05) is 16.2 Å². The second-order valence-electron chi connectivity index (χ2n) is 3.13. The van der Waals surface area contributed by atoms with E-state index in [1.807, 2.05) is 17.5 Å². The van der Waals surface area contributed by atoms with Crippen LogP contribution in [0.15, 0.2) is 29.6 Å². The van der Waals surface area contributed by atoms with E-state index in [4.69, 9.17) is 16.3 Å². The third-order valence-corrected chi connectivity index (χ3v) is 3.38. The van der Waals surface area contributed by atoms with E-state index in [1.54, 1.807) is 23.5 Å². The molecule has 0 saturated heterocycles. The fraction of sp³-hybridized carbons (Fsp3) is 0.182. The monoisotopic (exact) mass is 271 g/mol. The highest BCUT2D eigenvalue weighted by Crippen LogP contribution is 2.18. The summed E-state index contributed by atoms with van der Waals surface area (Å²) >= 11 is 11.5. The number of ether oxygens (including phenoxy) is 1. The maximum absolute atomic E-state index is 5.78. The van der Waals surface area contributed by atoms with Gasteiger partial charge in [0.2, 0.25) is 0 Å². The summed E-state index contributed by atoms with van der Waals surface area (Å²) in [7, 11) is 0. The lowest BCUT2D eigenvalue weighted by molar-refractivity contribution is 0.305. The SMILES string of the molecule is SCc1csc(COc2ccc(Cl)cc2)n1. The highest BCUT2D eigenvalue weighted by atomic mass is 35.5. The van der Waals surface area contributed by atoms with E-state index >= 15 is 0 Å². The molecule has 0 spiro atoms. The number of hydrogen-bond acceptors (Lipinski definition) is 4. The van der Waals surface area contributed by atoms with E-state index in [1.165, 1.54) is 0 Å². The molecule has 84 valence electrons. The Labute approximate surface area is 109 Å². The molecule has 0 unspecified atom stereocenters. The summed E-state index contributed by atoms with van der Waals surface area (Å²) in [6.45, 7) is 0.486. The van der Waals surface area contributed by atoms with Crippen molar-refractivity contribution in [3.05, 3.63) is 45.4 Å². The van der Waals surface area contributed by atoms with Gasteiger partial charge in [-0.3, -0.25) is 0 Å². The predicted molar refractivity (Wildman–Crippen MR) is 70.6 cm³/mol. The third-order valence-electron chi connectivity index (χ3n) is 1.94. The minimum absolute atomic E-state index is 0.486. The number of hydrogen-bond donors (Lipinski definition) is 1. The quantitative estimate of drug-likeness (QED) is 0.855. The van der Waals surface area contributed by atoms with Crippen molar-refractivity contribution in [2.24, 2.45) is 0 Å². The standard InChI is InChI=1S/C11H10ClNOS2/c12-8-1-3-10(4-2-8)14-5-11-13-9(6-15)7-16-11/h1-4,7,15H,5-6H2. The molecule has 1 aromatic heterocycles. The van der Waals surface area contributed by atoms with Crippen LogP contribution in [-0.2, 0) is 12.4 Å². The first kappa shape index (κ1) is 11.8. The summed E-state index contributed by atoms with van der Waals surface area (Å²) in [6, 6.07) is 7.29. The molecule has 0 aliphatic rings. The van der Waals surface area contributed by atoms with Crippen LogP contribution in [0.1, 0.15) is 10.7 Å². The fourth-order valence-corrected chi connectivity index (χ4v) is 2.28. The van der Waals surface area contributed by atoms with E-state index in [0.717, 1.165) is 16.5 Å². The van der Waals surface area contributed by atoms with Crippen LogP contribution in [0.3, 0.4) is 0 Å². The average molecular weight is 272 g/mol. The Balaban J connectivity index is 1.94. The maximum Gasteiger partial charge on any atom is 0.140 e. The number of benzene rings is 1. The summed E-state index contributed by atoms with van der Waals surface area (Å²) in [6.07, 6.45) is 0. The molecule has 5 heteroatoms. The molecule has 2 nitrogen and oxygen atoms in total. The second-order valence-corrected chi connectivity index (χ2v) is 4.83. The highest BCUT2D eigenvalue weighted by Gasteiger charge is 2.01. The van der Waals surface area contributed by atoms with Crippen LogP contribution >= 0.6 is 35.6 Å². The van der Waals surface area contributed by atoms with Crippen LogP contribution in [0.4, 0.5) is 0 Å². The lowest BCUT2D eigenvalue weighted by atomic mass is 10.3. The van der Waals surface area contributed by atoms with Gasteiger partial charge in [0.1, 0.15) is 17.4 Å². The zero-order valence-corrected chi connectivity index (χ0v) is 10.9. The molecule has 0 bridgehead atoms. The molecule has 0 fully saturated rings. The maximum atomic E-state index is 5.78. The minimum Gasteiger partial charge on any atom is -0.486 e. The van der Waals surface area contributed by atoms with Gasteiger partial charge in [-0.15, -0.1) is 11.3 Å². The van der Waals surface area contributed by atoms with Gasteiger partial charge in [0.05, 0.1) is 5.69 Å². The fourth-order valence-electron chi connectivity index (χ4n) is 1.16. The first-order valence-corrected chi connectivity index (χ1v) is 6.59. The summed E-state index contributed by atoms with van der Waals surface area (Å²) in [4.78, 5) is 4.35. The lowest BCUT2D eigenvalue weighted by Crippen LogP contribution is -1.94. The van der Waals surface area contributed by atoms with Crippen molar-refractivity contribution < 1.29 is 4.74 Å². The lowest BCUT2D eigenvalue weighted by Gasteiger charge is -2.03. The Kier molecular flexibility index (Phi) is 4.09. The van der Waals surface area contributed by atoms with Gasteiger partial charge in [-0.2, -0.15) is 12.6 Å². The molecule has 0 saturated carbocycles. The first-order chi connectivity index (χ1) is 7.78. The molecule has 0 aliphatic carbocycles. The molecule has 1 aromatic carbocycles. The summed E-state index contributed by atoms with van der Waals surface area (Å²) in [5, 5.41) is 3.66. The number of thiol groups is 1. The van der Waals surface area contributed by atoms with E-state index in [2.05, 4.69) is 17.6 Å². The van der Waals surface area contributed by atoms with Crippen LogP contribution in [0.25, 0.3) is 0 Å². The Morgan fingerprint density at radius 3 is 2.69 bits per heavy atom. The van der Waals surface area contributed by atoms with E-state index in [0.29, 0.717) is 17.4 Å². The van der Waals surface area contributed by atoms with Crippen molar-refractivity contribution in [2.45, 2.75) is 12.4 Å². The van der Waals surface area contributed by atoms with E-state index in [-0.39, 0.29) is 0 Å². The van der Waals surface area contributed by atoms with Gasteiger partial charge >= 0.3 is 0 Å². The van der Waals surface area contributed by atoms with Crippen LogP contribution in [0.2, 0.25) is 5.02 Å². The largest absolute Gasteiger partial charge is 0.486 e. The van der Waals surface area contributed by atoms with Crippen molar-refractivity contribution in [2.75, 3.05) is 0 Å². The van der Waals surface area contributed by atoms with Crippen molar-refractivity contribution in [3.63, 3.8) is 0 Å². The van der Waals surface area contributed by atoms with Gasteiger partial charge in [-0.1, -0.05) is 11.6 Å². The van der Waals surface area contributed by atoms with Crippen LogP contribution in [-0.4, -0.2) is 4.98 Å². The average Bonchev–Trinajstić information content (AvgIpc) is 2.76. The van der Waals surface area contributed by atoms with Gasteiger partial charge in [0.25, 0.3) is 0 Å². The molecule has 0 amide bonds. The van der Waals surface area contributed by atoms with Crippen molar-refractivity contribution in [1.29, 1.82) is 0 Å². The highest BCUT2D eigenvalue weighted by molar-refractivity contribution is 7.79. The normalized spacial score (nSPS) is 10.4. The number of halogens is 1. The molecule has 0 aliphatic heterocycles. The molecule has 0 radical (unpaired) electrons. The smallest absolute Gasteiger partial charge is 0.140 e. The van der Waals surface area contributed by atoms with E-state index in [9.17, 15) is 0 Å². The van der Waals surface area contributed by atoms with Gasteiger partial charge < -0.3 is 4.74 Å². The Morgan fingerprint density at radius 2 is 2.06 bits per heavy atom. The summed E-state index contributed by atoms with van der Waals surface area (Å²) < 4.78 is 5.57. The summed E-state index contributed by atoms with van der Waals surface area (Å²) in [5.41, 5.74) is 0.989. The molecule has 2 rings (SSSR count). The molecular weight excluding hydrogens is 262 g/mol. The van der Waals surface area contributed by atoms with Crippen molar-refractivity contribution in [3.8, 4) is 5.75 Å². The van der Waals surface area contributed by atoms with Crippen molar-refractivity contribution >= 4 is 35.6 Å². The number of thiazole rings is 1. The van der Waals surface area contributed by atoms with Crippen LogP contribution in [0, 0.1) is 0 Å². The Hall–Kier alpha value is -0.710. The minimum atomic E-state index is 0.486. The van der Waals surface area contributed by atoms with Gasteiger partial charge in [-0.05, 0) is 24.3 Å². The van der Waals surface area contributed by atoms with Gasteiger partial charge in [-0.25, -0.2) is 4.98 Å². The van der Waals surface area contributed by atoms with Crippen LogP contribution < -0.4 is 4.74 Å². The van der Waals surface area contributed by atoms with Crippen LogP contribution in [0.5, 0.6) is 5.75 Å². The zero-order valence-electron chi connectivity index (χ0n) is 8.39. The molecule has 0 atom stereocenters. The Morgan fingerprint density at radius 1 is 1.31 bits per heavy atom. The number of nitrogens with zero attached hydrogens (tertiary/aromatic N) is 1. The second kappa shape index (κ2) is 5.57.